The third kappa shape index (κ3) is 5.77. The second-order valence-corrected chi connectivity index (χ2v) is 5.85. The summed E-state index contributed by atoms with van der Waals surface area (Å²) in [7, 11) is 0. The highest BCUT2D eigenvalue weighted by atomic mass is 35.5. The molecule has 0 fully saturated rings. The molecule has 0 aliphatic carbocycles. The Morgan fingerprint density at radius 1 is 1.04 bits per heavy atom. The van der Waals surface area contributed by atoms with E-state index in [4.69, 9.17) is 27.9 Å². The van der Waals surface area contributed by atoms with E-state index in [2.05, 4.69) is 10.6 Å². The van der Waals surface area contributed by atoms with Crippen LogP contribution in [0.2, 0.25) is 10.0 Å². The van der Waals surface area contributed by atoms with Gasteiger partial charge in [0.1, 0.15) is 0 Å². The van der Waals surface area contributed by atoms with Crippen LogP contribution in [0.15, 0.2) is 42.5 Å². The summed E-state index contributed by atoms with van der Waals surface area (Å²) in [5.41, 5.74) is 0.986. The summed E-state index contributed by atoms with van der Waals surface area (Å²) in [6.45, 7) is 0.863. The largest absolute Gasteiger partial charge is 0.452 e. The lowest BCUT2D eigenvalue weighted by Crippen LogP contribution is -2.21. The van der Waals surface area contributed by atoms with E-state index in [0.29, 0.717) is 21.4 Å². The van der Waals surface area contributed by atoms with Crippen molar-refractivity contribution < 1.29 is 19.1 Å². The Labute approximate surface area is 154 Å². The van der Waals surface area contributed by atoms with E-state index in [1.54, 1.807) is 24.3 Å². The molecule has 0 saturated carbocycles. The van der Waals surface area contributed by atoms with Crippen molar-refractivity contribution in [2.24, 2.45) is 0 Å². The Bertz CT molecular complexity index is 824. The van der Waals surface area contributed by atoms with Crippen molar-refractivity contribution in [2.45, 2.75) is 6.92 Å². The summed E-state index contributed by atoms with van der Waals surface area (Å²) in [5.74, 6) is -1.52. The summed E-state index contributed by atoms with van der Waals surface area (Å²) >= 11 is 11.8. The molecular weight excluding hydrogens is 367 g/mol. The predicted octanol–water partition coefficient (Wildman–Crippen LogP) is 3.75. The molecule has 0 unspecified atom stereocenters. The maximum Gasteiger partial charge on any atom is 0.338 e. The average molecular weight is 381 g/mol. The molecule has 130 valence electrons. The van der Waals surface area contributed by atoms with E-state index in [1.807, 2.05) is 0 Å². The minimum Gasteiger partial charge on any atom is -0.452 e. The zero-order chi connectivity index (χ0) is 18.4. The van der Waals surface area contributed by atoms with Crippen LogP contribution in [0.4, 0.5) is 11.4 Å². The minimum atomic E-state index is -0.695. The maximum atomic E-state index is 12.0. The third-order valence-electron chi connectivity index (χ3n) is 2.96. The first-order valence-electron chi connectivity index (χ1n) is 7.15. The highest BCUT2D eigenvalue weighted by molar-refractivity contribution is 6.35. The Balaban J connectivity index is 1.94. The minimum absolute atomic E-state index is 0.208. The molecule has 0 atom stereocenters. The number of carbonyl (C=O) groups is 3. The predicted molar refractivity (Wildman–Crippen MR) is 96.1 cm³/mol. The van der Waals surface area contributed by atoms with Gasteiger partial charge in [-0.1, -0.05) is 29.3 Å². The number of esters is 1. The molecule has 0 bridgehead atoms. The van der Waals surface area contributed by atoms with Crippen LogP contribution in [0.5, 0.6) is 0 Å². The topological polar surface area (TPSA) is 84.5 Å². The summed E-state index contributed by atoms with van der Waals surface area (Å²) < 4.78 is 4.95. The SMILES string of the molecule is CC(=O)Nc1cccc(C(=O)OCC(=O)Nc2cc(Cl)ccc2Cl)c1. The zero-order valence-corrected chi connectivity index (χ0v) is 14.6. The second-order valence-electron chi connectivity index (χ2n) is 5.01. The van der Waals surface area contributed by atoms with Gasteiger partial charge in [-0.15, -0.1) is 0 Å². The molecule has 2 rings (SSSR count). The van der Waals surface area contributed by atoms with Crippen LogP contribution in [0.1, 0.15) is 17.3 Å². The monoisotopic (exact) mass is 380 g/mol. The first-order chi connectivity index (χ1) is 11.8. The molecule has 0 aromatic heterocycles. The van der Waals surface area contributed by atoms with Crippen molar-refractivity contribution in [3.63, 3.8) is 0 Å². The van der Waals surface area contributed by atoms with Gasteiger partial charge in [0.15, 0.2) is 6.61 Å². The third-order valence-corrected chi connectivity index (χ3v) is 3.52. The number of ether oxygens (including phenoxy) is 1. The quantitative estimate of drug-likeness (QED) is 0.773. The van der Waals surface area contributed by atoms with Crippen LogP contribution >= 0.6 is 23.2 Å². The standard InChI is InChI=1S/C17H14Cl2N2O4/c1-10(22)20-13-4-2-3-11(7-13)17(24)25-9-16(23)21-15-8-12(18)5-6-14(15)19/h2-8H,9H2,1H3,(H,20,22)(H,21,23). The van der Waals surface area contributed by atoms with Gasteiger partial charge in [0, 0.05) is 17.6 Å². The van der Waals surface area contributed by atoms with Gasteiger partial charge in [0.05, 0.1) is 16.3 Å². The highest BCUT2D eigenvalue weighted by Crippen LogP contribution is 2.25. The molecule has 2 aromatic rings. The maximum absolute atomic E-state index is 12.0. The molecule has 6 nitrogen and oxygen atoms in total. The Kier molecular flexibility index (Phi) is 6.38. The van der Waals surface area contributed by atoms with E-state index in [9.17, 15) is 14.4 Å². The van der Waals surface area contributed by atoms with Gasteiger partial charge in [-0.05, 0) is 36.4 Å². The summed E-state index contributed by atoms with van der Waals surface area (Å²) in [4.78, 5) is 34.9. The van der Waals surface area contributed by atoms with Crippen LogP contribution < -0.4 is 10.6 Å². The number of hydrogen-bond donors (Lipinski definition) is 2. The van der Waals surface area contributed by atoms with Crippen molar-refractivity contribution in [1.82, 2.24) is 0 Å². The Hall–Kier alpha value is -2.57. The Morgan fingerprint density at radius 2 is 1.80 bits per heavy atom. The summed E-state index contributed by atoms with van der Waals surface area (Å²) in [6, 6.07) is 10.8. The molecule has 25 heavy (non-hydrogen) atoms. The first-order valence-corrected chi connectivity index (χ1v) is 7.90. The molecule has 0 heterocycles. The van der Waals surface area contributed by atoms with Crippen molar-refractivity contribution in [1.29, 1.82) is 0 Å². The lowest BCUT2D eigenvalue weighted by Gasteiger charge is -2.09. The zero-order valence-electron chi connectivity index (χ0n) is 13.1. The second kappa shape index (κ2) is 8.50. The van der Waals surface area contributed by atoms with Crippen molar-refractivity contribution >= 4 is 52.4 Å². The summed E-state index contributed by atoms with van der Waals surface area (Å²) in [6.07, 6.45) is 0. The number of benzene rings is 2. The van der Waals surface area contributed by atoms with E-state index in [1.165, 1.54) is 25.1 Å². The molecule has 0 spiro atoms. The number of hydrogen-bond acceptors (Lipinski definition) is 4. The van der Waals surface area contributed by atoms with Crippen LogP contribution in [0, 0.1) is 0 Å². The number of halogens is 2. The molecule has 8 heteroatoms. The fourth-order valence-corrected chi connectivity index (χ4v) is 2.26. The molecule has 0 radical (unpaired) electrons. The van der Waals surface area contributed by atoms with Gasteiger partial charge in [0.2, 0.25) is 5.91 Å². The van der Waals surface area contributed by atoms with Crippen LogP contribution in [-0.2, 0) is 14.3 Å². The van der Waals surface area contributed by atoms with E-state index in [-0.39, 0.29) is 11.5 Å². The van der Waals surface area contributed by atoms with Crippen LogP contribution in [0.25, 0.3) is 0 Å². The summed E-state index contributed by atoms with van der Waals surface area (Å²) in [5, 5.41) is 5.78. The number of carbonyl (C=O) groups excluding carboxylic acids is 3. The highest BCUT2D eigenvalue weighted by Gasteiger charge is 2.12. The molecule has 0 saturated heterocycles. The van der Waals surface area contributed by atoms with Crippen molar-refractivity contribution in [3.05, 3.63) is 58.1 Å². The number of nitrogens with one attached hydrogen (secondary N) is 2. The Morgan fingerprint density at radius 3 is 2.52 bits per heavy atom. The van der Waals surface area contributed by atoms with Crippen LogP contribution in [-0.4, -0.2) is 24.4 Å². The van der Waals surface area contributed by atoms with Crippen molar-refractivity contribution in [2.75, 3.05) is 17.2 Å². The van der Waals surface area contributed by atoms with E-state index in [0.717, 1.165) is 0 Å². The van der Waals surface area contributed by atoms with Gasteiger partial charge in [-0.3, -0.25) is 9.59 Å². The number of anilines is 2. The molecule has 2 N–H and O–H groups in total. The van der Waals surface area contributed by atoms with Crippen molar-refractivity contribution in [3.8, 4) is 0 Å². The molecular formula is C17H14Cl2N2O4. The smallest absolute Gasteiger partial charge is 0.338 e. The lowest BCUT2D eigenvalue weighted by molar-refractivity contribution is -0.119. The molecule has 2 amide bonds. The molecule has 0 aliphatic rings. The van der Waals surface area contributed by atoms with Gasteiger partial charge in [0.25, 0.3) is 5.91 Å². The molecule has 0 aliphatic heterocycles. The number of rotatable bonds is 5. The molecule has 2 aromatic carbocycles. The van der Waals surface area contributed by atoms with Crippen LogP contribution in [0.3, 0.4) is 0 Å². The average Bonchev–Trinajstić information content (AvgIpc) is 2.55. The van der Waals surface area contributed by atoms with E-state index >= 15 is 0 Å². The van der Waals surface area contributed by atoms with Gasteiger partial charge < -0.3 is 15.4 Å². The normalized spacial score (nSPS) is 10.0. The number of amides is 2. The van der Waals surface area contributed by atoms with Gasteiger partial charge in [-0.2, -0.15) is 0 Å². The van der Waals surface area contributed by atoms with Gasteiger partial charge >= 0.3 is 5.97 Å². The fraction of sp³-hybridized carbons (Fsp3) is 0.118. The fourth-order valence-electron chi connectivity index (χ4n) is 1.92. The lowest BCUT2D eigenvalue weighted by atomic mass is 10.2. The first kappa shape index (κ1) is 18.8. The van der Waals surface area contributed by atoms with Gasteiger partial charge in [-0.25, -0.2) is 4.79 Å². The van der Waals surface area contributed by atoms with E-state index < -0.39 is 18.5 Å².